The fourth-order valence-electron chi connectivity index (χ4n) is 1.44. The van der Waals surface area contributed by atoms with Gasteiger partial charge in [-0.3, -0.25) is 0 Å². The third kappa shape index (κ3) is 3.28. The number of nitrogens with zero attached hydrogens (tertiary/aromatic N) is 2. The quantitative estimate of drug-likeness (QED) is 0.920. The van der Waals surface area contributed by atoms with E-state index in [1.165, 1.54) is 10.5 Å². The van der Waals surface area contributed by atoms with Crippen LogP contribution >= 0.6 is 23.1 Å². The van der Waals surface area contributed by atoms with Gasteiger partial charge in [-0.15, -0.1) is 10.2 Å². The highest BCUT2D eigenvalue weighted by atomic mass is 32.2. The Balaban J connectivity index is 2.08. The Hall–Kier alpha value is -0.910. The molecule has 2 rings (SSSR count). The Morgan fingerprint density at radius 1 is 1.29 bits per heavy atom. The first-order chi connectivity index (χ1) is 8.19. The van der Waals surface area contributed by atoms with Crippen LogP contribution in [0.5, 0.6) is 0 Å². The van der Waals surface area contributed by atoms with Crippen LogP contribution in [0.3, 0.4) is 0 Å². The van der Waals surface area contributed by atoms with Gasteiger partial charge >= 0.3 is 0 Å². The first-order valence-electron chi connectivity index (χ1n) is 5.52. The van der Waals surface area contributed by atoms with Gasteiger partial charge in [0.25, 0.3) is 0 Å². The highest BCUT2D eigenvalue weighted by molar-refractivity contribution is 8.01. The predicted octanol–water partition coefficient (Wildman–Crippen LogP) is 3.41. The number of hydrogen-bond donors (Lipinski definition) is 1. The molecule has 1 aromatic heterocycles. The van der Waals surface area contributed by atoms with Crippen molar-refractivity contribution in [2.45, 2.75) is 35.5 Å². The second-order valence-electron chi connectivity index (χ2n) is 3.77. The van der Waals surface area contributed by atoms with Gasteiger partial charge in [0.1, 0.15) is 5.01 Å². The Morgan fingerprint density at radius 2 is 2.00 bits per heavy atom. The van der Waals surface area contributed by atoms with Gasteiger partial charge in [-0.25, -0.2) is 0 Å². The largest absolute Gasteiger partial charge is 0.324 e. The Kier molecular flexibility index (Phi) is 4.15. The van der Waals surface area contributed by atoms with Crippen LogP contribution in [0.4, 0.5) is 0 Å². The lowest BCUT2D eigenvalue weighted by Crippen LogP contribution is -2.07. The molecular weight excluding hydrogens is 250 g/mol. The van der Waals surface area contributed by atoms with Crippen LogP contribution in [0, 0.1) is 6.92 Å². The van der Waals surface area contributed by atoms with E-state index in [0.717, 1.165) is 15.8 Å². The summed E-state index contributed by atoms with van der Waals surface area (Å²) in [7, 11) is 0. The van der Waals surface area contributed by atoms with Gasteiger partial charge in [-0.1, -0.05) is 42.2 Å². The summed E-state index contributed by atoms with van der Waals surface area (Å²) in [5.41, 5.74) is 7.16. The molecule has 0 aliphatic carbocycles. The van der Waals surface area contributed by atoms with E-state index >= 15 is 0 Å². The van der Waals surface area contributed by atoms with Crippen molar-refractivity contribution < 1.29 is 0 Å². The standard InChI is InChI=1S/C12H15N3S2/c1-3-11(13)9-4-6-10(7-5-9)17-12-15-14-8(2)16-12/h4-7,11H,3,13H2,1-2H3/t11-/m0/s1. The summed E-state index contributed by atoms with van der Waals surface area (Å²) in [6.07, 6.45) is 0.960. The molecule has 3 nitrogen and oxygen atoms in total. The normalized spacial score (nSPS) is 12.6. The fourth-order valence-corrected chi connectivity index (χ4v) is 3.23. The van der Waals surface area contributed by atoms with Crippen molar-refractivity contribution in [1.29, 1.82) is 0 Å². The van der Waals surface area contributed by atoms with E-state index in [9.17, 15) is 0 Å². The maximum absolute atomic E-state index is 5.97. The van der Waals surface area contributed by atoms with Crippen LogP contribution < -0.4 is 5.73 Å². The van der Waals surface area contributed by atoms with Crippen molar-refractivity contribution in [3.8, 4) is 0 Å². The van der Waals surface area contributed by atoms with Crippen LogP contribution in [0.15, 0.2) is 33.5 Å². The zero-order valence-electron chi connectivity index (χ0n) is 9.88. The van der Waals surface area contributed by atoms with Gasteiger partial charge in [0.05, 0.1) is 0 Å². The molecule has 0 aliphatic rings. The molecule has 5 heteroatoms. The number of benzene rings is 1. The van der Waals surface area contributed by atoms with Crippen molar-refractivity contribution in [3.63, 3.8) is 0 Å². The highest BCUT2D eigenvalue weighted by Gasteiger charge is 2.05. The number of hydrogen-bond acceptors (Lipinski definition) is 5. The molecule has 2 N–H and O–H groups in total. The molecule has 90 valence electrons. The van der Waals surface area contributed by atoms with Crippen LogP contribution in [0.25, 0.3) is 0 Å². The SMILES string of the molecule is CC[C@H](N)c1ccc(Sc2nnc(C)s2)cc1. The molecule has 0 saturated heterocycles. The number of aromatic nitrogens is 2. The van der Waals surface area contributed by atoms with E-state index in [4.69, 9.17) is 5.73 Å². The van der Waals surface area contributed by atoms with Crippen LogP contribution in [0.1, 0.15) is 30.0 Å². The third-order valence-electron chi connectivity index (χ3n) is 2.46. The summed E-state index contributed by atoms with van der Waals surface area (Å²) in [4.78, 5) is 1.17. The number of nitrogens with two attached hydrogens (primary N) is 1. The van der Waals surface area contributed by atoms with E-state index in [2.05, 4.69) is 41.4 Å². The lowest BCUT2D eigenvalue weighted by atomic mass is 10.1. The summed E-state index contributed by atoms with van der Waals surface area (Å²) in [5.74, 6) is 0. The van der Waals surface area contributed by atoms with Crippen molar-refractivity contribution in [2.24, 2.45) is 5.73 Å². The van der Waals surface area contributed by atoms with E-state index < -0.39 is 0 Å². The Morgan fingerprint density at radius 3 is 2.53 bits per heavy atom. The zero-order valence-corrected chi connectivity index (χ0v) is 11.5. The molecule has 0 unspecified atom stereocenters. The average Bonchev–Trinajstić information content (AvgIpc) is 2.75. The molecule has 1 heterocycles. The highest BCUT2D eigenvalue weighted by Crippen LogP contribution is 2.30. The first-order valence-corrected chi connectivity index (χ1v) is 7.16. The second-order valence-corrected chi connectivity index (χ2v) is 6.28. The lowest BCUT2D eigenvalue weighted by molar-refractivity contribution is 0.698. The molecule has 0 bridgehead atoms. The minimum absolute atomic E-state index is 0.137. The molecule has 1 aromatic carbocycles. The van der Waals surface area contributed by atoms with Gasteiger partial charge < -0.3 is 5.73 Å². The fraction of sp³-hybridized carbons (Fsp3) is 0.333. The monoisotopic (exact) mass is 265 g/mol. The lowest BCUT2D eigenvalue weighted by Gasteiger charge is -2.09. The van der Waals surface area contributed by atoms with Crippen molar-refractivity contribution in [3.05, 3.63) is 34.8 Å². The molecule has 0 saturated carbocycles. The van der Waals surface area contributed by atoms with Gasteiger partial charge in [0.2, 0.25) is 0 Å². The minimum atomic E-state index is 0.137. The van der Waals surface area contributed by atoms with E-state index in [0.29, 0.717) is 0 Å². The van der Waals surface area contributed by atoms with Gasteiger partial charge in [0, 0.05) is 10.9 Å². The first kappa shape index (κ1) is 12.5. The molecule has 0 radical (unpaired) electrons. The van der Waals surface area contributed by atoms with Crippen molar-refractivity contribution in [1.82, 2.24) is 10.2 Å². The molecular formula is C12H15N3S2. The van der Waals surface area contributed by atoms with Crippen molar-refractivity contribution >= 4 is 23.1 Å². The maximum atomic E-state index is 5.97. The summed E-state index contributed by atoms with van der Waals surface area (Å²) >= 11 is 3.25. The summed E-state index contributed by atoms with van der Waals surface area (Å²) in [6.45, 7) is 4.06. The number of aryl methyl sites for hydroxylation is 1. The van der Waals surface area contributed by atoms with Crippen molar-refractivity contribution in [2.75, 3.05) is 0 Å². The average molecular weight is 265 g/mol. The van der Waals surface area contributed by atoms with Crippen LogP contribution in [-0.4, -0.2) is 10.2 Å². The Bertz CT molecular complexity index is 479. The van der Waals surface area contributed by atoms with E-state index in [-0.39, 0.29) is 6.04 Å². The van der Waals surface area contributed by atoms with Crippen LogP contribution in [0.2, 0.25) is 0 Å². The second kappa shape index (κ2) is 5.62. The molecule has 2 aromatic rings. The van der Waals surface area contributed by atoms with E-state index in [1.807, 2.05) is 6.92 Å². The molecule has 0 fully saturated rings. The minimum Gasteiger partial charge on any atom is -0.324 e. The summed E-state index contributed by atoms with van der Waals surface area (Å²) in [6, 6.07) is 8.49. The Labute approximate surface area is 109 Å². The number of rotatable bonds is 4. The van der Waals surface area contributed by atoms with Gasteiger partial charge in [0.15, 0.2) is 4.34 Å². The van der Waals surface area contributed by atoms with Gasteiger partial charge in [-0.05, 0) is 31.0 Å². The molecule has 17 heavy (non-hydrogen) atoms. The summed E-state index contributed by atoms with van der Waals surface area (Å²) in [5, 5.41) is 9.09. The molecule has 0 aliphatic heterocycles. The topological polar surface area (TPSA) is 51.8 Å². The van der Waals surface area contributed by atoms with Crippen LogP contribution in [-0.2, 0) is 0 Å². The molecule has 0 amide bonds. The zero-order chi connectivity index (χ0) is 12.3. The smallest absolute Gasteiger partial charge is 0.179 e. The molecule has 0 spiro atoms. The summed E-state index contributed by atoms with van der Waals surface area (Å²) < 4.78 is 0.982. The van der Waals surface area contributed by atoms with E-state index in [1.54, 1.807) is 23.1 Å². The van der Waals surface area contributed by atoms with Gasteiger partial charge in [-0.2, -0.15) is 0 Å². The third-order valence-corrected chi connectivity index (χ3v) is 4.36. The molecule has 1 atom stereocenters. The maximum Gasteiger partial charge on any atom is 0.179 e. The predicted molar refractivity (Wildman–Crippen MR) is 72.4 cm³/mol.